The quantitative estimate of drug-likeness (QED) is 0.693. The summed E-state index contributed by atoms with van der Waals surface area (Å²) in [6, 6.07) is 15.2. The first kappa shape index (κ1) is 12.3. The minimum atomic E-state index is 0.676. The van der Waals surface area contributed by atoms with Gasteiger partial charge in [0.15, 0.2) is 0 Å². The fraction of sp³-hybridized carbons (Fsp3) is 0. The van der Waals surface area contributed by atoms with Crippen molar-refractivity contribution in [2.45, 2.75) is 0 Å². The summed E-state index contributed by atoms with van der Waals surface area (Å²) in [4.78, 5) is 4.31. The van der Waals surface area contributed by atoms with Crippen LogP contribution in [-0.2, 0) is 0 Å². The van der Waals surface area contributed by atoms with Gasteiger partial charge in [0.25, 0.3) is 0 Å². The number of nitrogens with one attached hydrogen (secondary N) is 1. The zero-order chi connectivity index (χ0) is 13.2. The molecule has 1 heterocycles. The number of nitrogens with zero attached hydrogens (tertiary/aromatic N) is 1. The SMILES string of the molecule is Clc1ccc2c(Nc3ccccc3Cl)ccnc2c1. The molecule has 0 saturated carbocycles. The van der Waals surface area contributed by atoms with Crippen molar-refractivity contribution in [1.82, 2.24) is 4.98 Å². The predicted molar refractivity (Wildman–Crippen MR) is 81.5 cm³/mol. The number of aromatic nitrogens is 1. The Labute approximate surface area is 121 Å². The molecule has 0 amide bonds. The van der Waals surface area contributed by atoms with Gasteiger partial charge in [0.05, 0.1) is 16.2 Å². The normalized spacial score (nSPS) is 10.6. The highest BCUT2D eigenvalue weighted by Gasteiger charge is 2.04. The number of pyridine rings is 1. The molecule has 2 nitrogen and oxygen atoms in total. The van der Waals surface area contributed by atoms with Gasteiger partial charge in [0, 0.05) is 22.3 Å². The predicted octanol–water partition coefficient (Wildman–Crippen LogP) is 5.29. The first-order chi connectivity index (χ1) is 9.24. The Balaban J connectivity index is 2.09. The largest absolute Gasteiger partial charge is 0.354 e. The number of fused-ring (bicyclic) bond motifs is 1. The Kier molecular flexibility index (Phi) is 3.28. The molecule has 19 heavy (non-hydrogen) atoms. The fourth-order valence-corrected chi connectivity index (χ4v) is 2.29. The summed E-state index contributed by atoms with van der Waals surface area (Å²) in [5.41, 5.74) is 2.67. The Bertz CT molecular complexity index is 741. The smallest absolute Gasteiger partial charge is 0.0737 e. The van der Waals surface area contributed by atoms with E-state index in [9.17, 15) is 0 Å². The van der Waals surface area contributed by atoms with Crippen molar-refractivity contribution in [1.29, 1.82) is 0 Å². The third-order valence-corrected chi connectivity index (χ3v) is 3.41. The van der Waals surface area contributed by atoms with Gasteiger partial charge in [-0.3, -0.25) is 4.98 Å². The molecule has 0 bridgehead atoms. The highest BCUT2D eigenvalue weighted by atomic mass is 35.5. The second kappa shape index (κ2) is 5.08. The Morgan fingerprint density at radius 2 is 1.74 bits per heavy atom. The summed E-state index contributed by atoms with van der Waals surface area (Å²) >= 11 is 12.1. The Hall–Kier alpha value is -1.77. The van der Waals surface area contributed by atoms with Gasteiger partial charge in [-0.15, -0.1) is 0 Å². The number of rotatable bonds is 2. The lowest BCUT2D eigenvalue weighted by Crippen LogP contribution is -1.93. The average Bonchev–Trinajstić information content (AvgIpc) is 2.41. The zero-order valence-corrected chi connectivity index (χ0v) is 11.4. The third kappa shape index (κ3) is 2.50. The van der Waals surface area contributed by atoms with Crippen LogP contribution in [-0.4, -0.2) is 4.98 Å². The average molecular weight is 289 g/mol. The van der Waals surface area contributed by atoms with Crippen molar-refractivity contribution >= 4 is 45.5 Å². The second-order valence-electron chi connectivity index (χ2n) is 4.12. The van der Waals surface area contributed by atoms with Crippen LogP contribution in [0.5, 0.6) is 0 Å². The van der Waals surface area contributed by atoms with E-state index in [2.05, 4.69) is 10.3 Å². The molecule has 94 valence electrons. The van der Waals surface area contributed by atoms with E-state index in [0.29, 0.717) is 10.0 Å². The lowest BCUT2D eigenvalue weighted by Gasteiger charge is -2.10. The molecule has 0 fully saturated rings. The van der Waals surface area contributed by atoms with Crippen LogP contribution in [0.4, 0.5) is 11.4 Å². The van der Waals surface area contributed by atoms with E-state index >= 15 is 0 Å². The molecule has 0 unspecified atom stereocenters. The van der Waals surface area contributed by atoms with Gasteiger partial charge < -0.3 is 5.32 Å². The molecular weight excluding hydrogens is 279 g/mol. The maximum atomic E-state index is 6.15. The lowest BCUT2D eigenvalue weighted by molar-refractivity contribution is 1.40. The van der Waals surface area contributed by atoms with Crippen molar-refractivity contribution in [2.75, 3.05) is 5.32 Å². The number of para-hydroxylation sites is 1. The standard InChI is InChI=1S/C15H10Cl2N2/c16-10-5-6-11-13(7-8-18-15(11)9-10)19-14-4-2-1-3-12(14)17/h1-9H,(H,18,19). The van der Waals surface area contributed by atoms with Crippen molar-refractivity contribution < 1.29 is 0 Å². The summed E-state index contributed by atoms with van der Waals surface area (Å²) in [7, 11) is 0. The molecule has 0 aliphatic heterocycles. The van der Waals surface area contributed by atoms with Gasteiger partial charge in [0.2, 0.25) is 0 Å². The van der Waals surface area contributed by atoms with Crippen LogP contribution in [0, 0.1) is 0 Å². The summed E-state index contributed by atoms with van der Waals surface area (Å²) < 4.78 is 0. The van der Waals surface area contributed by atoms with Crippen LogP contribution in [0.3, 0.4) is 0 Å². The van der Waals surface area contributed by atoms with E-state index in [0.717, 1.165) is 22.3 Å². The van der Waals surface area contributed by atoms with E-state index in [-0.39, 0.29) is 0 Å². The van der Waals surface area contributed by atoms with Gasteiger partial charge in [-0.05, 0) is 36.4 Å². The second-order valence-corrected chi connectivity index (χ2v) is 4.97. The van der Waals surface area contributed by atoms with E-state index in [1.807, 2.05) is 48.5 Å². The lowest BCUT2D eigenvalue weighted by atomic mass is 10.2. The van der Waals surface area contributed by atoms with Gasteiger partial charge in [0.1, 0.15) is 0 Å². The molecular formula is C15H10Cl2N2. The van der Waals surface area contributed by atoms with Crippen LogP contribution >= 0.6 is 23.2 Å². The van der Waals surface area contributed by atoms with Gasteiger partial charge in [-0.25, -0.2) is 0 Å². The number of halogens is 2. The molecule has 0 aliphatic carbocycles. The fourth-order valence-electron chi connectivity index (χ4n) is 1.94. The van der Waals surface area contributed by atoms with Crippen molar-refractivity contribution in [2.24, 2.45) is 0 Å². The Morgan fingerprint density at radius 1 is 0.895 bits per heavy atom. The topological polar surface area (TPSA) is 24.9 Å². The molecule has 2 aromatic carbocycles. The number of hydrogen-bond donors (Lipinski definition) is 1. The van der Waals surface area contributed by atoms with Crippen molar-refractivity contribution in [3.63, 3.8) is 0 Å². The number of hydrogen-bond acceptors (Lipinski definition) is 2. The van der Waals surface area contributed by atoms with Gasteiger partial charge >= 0.3 is 0 Å². The summed E-state index contributed by atoms with van der Waals surface area (Å²) in [5, 5.41) is 5.68. The first-order valence-electron chi connectivity index (χ1n) is 5.80. The van der Waals surface area contributed by atoms with E-state index in [1.165, 1.54) is 0 Å². The minimum Gasteiger partial charge on any atom is -0.354 e. The molecule has 0 aliphatic rings. The maximum Gasteiger partial charge on any atom is 0.0737 e. The zero-order valence-electron chi connectivity index (χ0n) is 9.90. The molecule has 0 radical (unpaired) electrons. The monoisotopic (exact) mass is 288 g/mol. The summed E-state index contributed by atoms with van der Waals surface area (Å²) in [6.45, 7) is 0. The molecule has 1 aromatic heterocycles. The van der Waals surface area contributed by atoms with Crippen LogP contribution in [0.25, 0.3) is 10.9 Å². The maximum absolute atomic E-state index is 6.15. The molecule has 3 rings (SSSR count). The number of anilines is 2. The molecule has 3 aromatic rings. The number of benzene rings is 2. The highest BCUT2D eigenvalue weighted by Crippen LogP contribution is 2.29. The third-order valence-electron chi connectivity index (χ3n) is 2.85. The van der Waals surface area contributed by atoms with E-state index in [1.54, 1.807) is 6.20 Å². The molecule has 0 spiro atoms. The highest BCUT2D eigenvalue weighted by molar-refractivity contribution is 6.33. The van der Waals surface area contributed by atoms with Crippen LogP contribution in [0.15, 0.2) is 54.7 Å². The van der Waals surface area contributed by atoms with Crippen molar-refractivity contribution in [3.8, 4) is 0 Å². The molecule has 0 atom stereocenters. The Morgan fingerprint density at radius 3 is 2.58 bits per heavy atom. The van der Waals surface area contributed by atoms with Crippen LogP contribution in [0.2, 0.25) is 10.0 Å². The molecule has 1 N–H and O–H groups in total. The van der Waals surface area contributed by atoms with Crippen LogP contribution in [0.1, 0.15) is 0 Å². The van der Waals surface area contributed by atoms with Crippen LogP contribution < -0.4 is 5.32 Å². The molecule has 4 heteroatoms. The van der Waals surface area contributed by atoms with Gasteiger partial charge in [-0.1, -0.05) is 35.3 Å². The van der Waals surface area contributed by atoms with Crippen molar-refractivity contribution in [3.05, 3.63) is 64.8 Å². The minimum absolute atomic E-state index is 0.676. The van der Waals surface area contributed by atoms with E-state index in [4.69, 9.17) is 23.2 Å². The molecule has 0 saturated heterocycles. The summed E-state index contributed by atoms with van der Waals surface area (Å²) in [6.07, 6.45) is 1.75. The summed E-state index contributed by atoms with van der Waals surface area (Å²) in [5.74, 6) is 0. The van der Waals surface area contributed by atoms with E-state index < -0.39 is 0 Å². The first-order valence-corrected chi connectivity index (χ1v) is 6.55. The van der Waals surface area contributed by atoms with Gasteiger partial charge in [-0.2, -0.15) is 0 Å².